The summed E-state index contributed by atoms with van der Waals surface area (Å²) in [7, 11) is 1.63. The molecule has 150 valence electrons. The highest BCUT2D eigenvalue weighted by Gasteiger charge is 2.38. The van der Waals surface area contributed by atoms with Gasteiger partial charge in [-0.2, -0.15) is 5.10 Å². The van der Waals surface area contributed by atoms with Crippen molar-refractivity contribution in [1.29, 1.82) is 0 Å². The minimum Gasteiger partial charge on any atom is -0.383 e. The van der Waals surface area contributed by atoms with E-state index in [9.17, 15) is 9.18 Å². The fourth-order valence-electron chi connectivity index (χ4n) is 4.17. The number of hydrogen-bond acceptors (Lipinski definition) is 4. The second kappa shape index (κ2) is 7.64. The van der Waals surface area contributed by atoms with Crippen molar-refractivity contribution in [1.82, 2.24) is 14.7 Å². The van der Waals surface area contributed by atoms with E-state index in [0.717, 1.165) is 11.3 Å². The van der Waals surface area contributed by atoms with Crippen LogP contribution in [0, 0.1) is 5.82 Å². The third-order valence-electron chi connectivity index (χ3n) is 5.62. The maximum atomic E-state index is 14.0. The molecule has 2 aliphatic rings. The number of likely N-dealkylation sites (tertiary alicyclic amines) is 1. The molecule has 1 aromatic heterocycles. The molecule has 0 spiro atoms. The van der Waals surface area contributed by atoms with Crippen LogP contribution < -0.4 is 0 Å². The van der Waals surface area contributed by atoms with Gasteiger partial charge in [0, 0.05) is 38.1 Å². The van der Waals surface area contributed by atoms with E-state index in [4.69, 9.17) is 9.47 Å². The molecule has 1 fully saturated rings. The van der Waals surface area contributed by atoms with Crippen molar-refractivity contribution in [2.24, 2.45) is 0 Å². The molecule has 0 radical (unpaired) electrons. The Labute approximate surface area is 164 Å². The summed E-state index contributed by atoms with van der Waals surface area (Å²) < 4.78 is 26.9. The number of benzene rings is 1. The highest BCUT2D eigenvalue weighted by molar-refractivity contribution is 5.95. The van der Waals surface area contributed by atoms with E-state index in [-0.39, 0.29) is 29.9 Å². The van der Waals surface area contributed by atoms with E-state index in [0.29, 0.717) is 43.9 Å². The van der Waals surface area contributed by atoms with Gasteiger partial charge in [-0.15, -0.1) is 0 Å². The van der Waals surface area contributed by atoms with Crippen molar-refractivity contribution >= 4 is 5.91 Å². The lowest BCUT2D eigenvalue weighted by molar-refractivity contribution is -0.00724. The largest absolute Gasteiger partial charge is 0.383 e. The van der Waals surface area contributed by atoms with Gasteiger partial charge in [0.2, 0.25) is 0 Å². The van der Waals surface area contributed by atoms with Gasteiger partial charge in [0.15, 0.2) is 0 Å². The van der Waals surface area contributed by atoms with E-state index in [2.05, 4.69) is 5.10 Å². The van der Waals surface area contributed by atoms with E-state index in [1.165, 1.54) is 6.07 Å². The average molecular weight is 387 g/mol. The van der Waals surface area contributed by atoms with E-state index >= 15 is 0 Å². The monoisotopic (exact) mass is 387 g/mol. The summed E-state index contributed by atoms with van der Waals surface area (Å²) in [5.74, 6) is -0.210. The molecule has 4 rings (SSSR count). The molecular weight excluding hydrogens is 361 g/mol. The number of methoxy groups -OCH3 is 1. The van der Waals surface area contributed by atoms with Crippen molar-refractivity contribution in [2.45, 2.75) is 44.9 Å². The van der Waals surface area contributed by atoms with E-state index < -0.39 is 0 Å². The number of amides is 1. The Morgan fingerprint density at radius 2 is 2.07 bits per heavy atom. The SMILES string of the molecule is COCCn1nc2c(c1C(=O)N1CC(c3ccccc3F)C1)C[C@H](C)O[C@@H]2C. The number of hydrogen-bond donors (Lipinski definition) is 0. The first-order valence-electron chi connectivity index (χ1n) is 9.77. The van der Waals surface area contributed by atoms with Gasteiger partial charge < -0.3 is 14.4 Å². The second-order valence-electron chi connectivity index (χ2n) is 7.65. The minimum absolute atomic E-state index is 0.0386. The molecule has 1 amide bonds. The predicted octanol–water partition coefficient (Wildman–Crippen LogP) is 2.93. The Morgan fingerprint density at radius 1 is 1.32 bits per heavy atom. The van der Waals surface area contributed by atoms with Crippen LogP contribution in [0.1, 0.15) is 53.2 Å². The van der Waals surface area contributed by atoms with E-state index in [1.807, 2.05) is 19.9 Å². The van der Waals surface area contributed by atoms with Crippen LogP contribution in [0.4, 0.5) is 4.39 Å². The van der Waals surface area contributed by atoms with Crippen LogP contribution in [0.2, 0.25) is 0 Å². The van der Waals surface area contributed by atoms with Crippen LogP contribution in [0.3, 0.4) is 0 Å². The third kappa shape index (κ3) is 3.33. The Balaban J connectivity index is 1.58. The van der Waals surface area contributed by atoms with Gasteiger partial charge in [-0.1, -0.05) is 18.2 Å². The summed E-state index contributed by atoms with van der Waals surface area (Å²) in [5.41, 5.74) is 3.11. The number of rotatable bonds is 5. The van der Waals surface area contributed by atoms with Crippen molar-refractivity contribution in [3.8, 4) is 0 Å². The highest BCUT2D eigenvalue weighted by Crippen LogP contribution is 2.35. The van der Waals surface area contributed by atoms with Gasteiger partial charge in [-0.25, -0.2) is 4.39 Å². The first-order valence-corrected chi connectivity index (χ1v) is 9.77. The molecule has 7 heteroatoms. The topological polar surface area (TPSA) is 56.6 Å². The van der Waals surface area contributed by atoms with Crippen LogP contribution >= 0.6 is 0 Å². The van der Waals surface area contributed by atoms with Crippen molar-refractivity contribution < 1.29 is 18.7 Å². The zero-order valence-corrected chi connectivity index (χ0v) is 16.5. The summed E-state index contributed by atoms with van der Waals surface area (Å²) in [5, 5.41) is 4.66. The normalized spacial score (nSPS) is 22.1. The van der Waals surface area contributed by atoms with Gasteiger partial charge in [0.1, 0.15) is 11.5 Å². The Hall–Kier alpha value is -2.25. The molecule has 0 aliphatic carbocycles. The first kappa shape index (κ1) is 19.1. The van der Waals surface area contributed by atoms with Gasteiger partial charge in [-0.05, 0) is 25.5 Å². The van der Waals surface area contributed by atoms with Gasteiger partial charge in [-0.3, -0.25) is 9.48 Å². The fraction of sp³-hybridized carbons (Fsp3) is 0.524. The molecule has 1 saturated heterocycles. The molecular formula is C21H26FN3O3. The maximum Gasteiger partial charge on any atom is 0.272 e. The number of halogens is 1. The number of carbonyl (C=O) groups is 1. The van der Waals surface area contributed by atoms with Crippen LogP contribution in [0.15, 0.2) is 24.3 Å². The summed E-state index contributed by atoms with van der Waals surface area (Å²) in [6.07, 6.45) is 0.562. The van der Waals surface area contributed by atoms with Gasteiger partial charge >= 0.3 is 0 Å². The molecule has 3 heterocycles. The number of ether oxygens (including phenoxy) is 2. The number of nitrogens with zero attached hydrogens (tertiary/aromatic N) is 3. The first-order chi connectivity index (χ1) is 13.5. The predicted molar refractivity (Wildman–Crippen MR) is 102 cm³/mol. The molecule has 28 heavy (non-hydrogen) atoms. The number of aromatic nitrogens is 2. The Bertz CT molecular complexity index is 876. The van der Waals surface area contributed by atoms with E-state index in [1.54, 1.807) is 28.8 Å². The lowest BCUT2D eigenvalue weighted by atomic mass is 9.90. The molecule has 0 N–H and O–H groups in total. The molecule has 2 atom stereocenters. The van der Waals surface area contributed by atoms with Gasteiger partial charge in [0.25, 0.3) is 5.91 Å². The lowest BCUT2D eigenvalue weighted by Crippen LogP contribution is -2.49. The molecule has 2 aliphatic heterocycles. The molecule has 0 bridgehead atoms. The summed E-state index contributed by atoms with van der Waals surface area (Å²) in [6.45, 7) is 6.00. The number of fused-ring (bicyclic) bond motifs is 1. The standard InChI is InChI=1S/C21H26FN3O3/c1-13-10-17-19(14(2)28-13)23-25(8-9-27-3)20(17)21(26)24-11-15(12-24)16-6-4-5-7-18(16)22/h4-7,13-15H,8-12H2,1-3H3/t13-,14+/m0/s1. The van der Waals surface area contributed by atoms with Gasteiger partial charge in [0.05, 0.1) is 31.1 Å². The zero-order chi connectivity index (χ0) is 19.8. The summed E-state index contributed by atoms with van der Waals surface area (Å²) in [6, 6.07) is 6.79. The van der Waals surface area contributed by atoms with Crippen LogP contribution in [-0.4, -0.2) is 53.5 Å². The zero-order valence-electron chi connectivity index (χ0n) is 16.5. The van der Waals surface area contributed by atoms with Crippen LogP contribution in [0.5, 0.6) is 0 Å². The van der Waals surface area contributed by atoms with Crippen molar-refractivity contribution in [3.05, 3.63) is 52.6 Å². The van der Waals surface area contributed by atoms with Crippen LogP contribution in [-0.2, 0) is 22.4 Å². The smallest absolute Gasteiger partial charge is 0.272 e. The molecule has 0 unspecified atom stereocenters. The molecule has 0 saturated carbocycles. The third-order valence-corrected chi connectivity index (χ3v) is 5.62. The minimum atomic E-state index is -0.207. The highest BCUT2D eigenvalue weighted by atomic mass is 19.1. The maximum absolute atomic E-state index is 14.0. The lowest BCUT2D eigenvalue weighted by Gasteiger charge is -2.40. The number of carbonyl (C=O) groups excluding carboxylic acids is 1. The van der Waals surface area contributed by atoms with Crippen LogP contribution in [0.25, 0.3) is 0 Å². The Morgan fingerprint density at radius 3 is 2.79 bits per heavy atom. The van der Waals surface area contributed by atoms with Crippen molar-refractivity contribution in [3.63, 3.8) is 0 Å². The van der Waals surface area contributed by atoms with Crippen molar-refractivity contribution in [2.75, 3.05) is 26.8 Å². The summed E-state index contributed by atoms with van der Waals surface area (Å²) in [4.78, 5) is 15.1. The average Bonchev–Trinajstić information content (AvgIpc) is 2.98. The molecule has 1 aromatic carbocycles. The second-order valence-corrected chi connectivity index (χ2v) is 7.65. The quantitative estimate of drug-likeness (QED) is 0.792. The fourth-order valence-corrected chi connectivity index (χ4v) is 4.17. The molecule has 2 aromatic rings. The Kier molecular flexibility index (Phi) is 5.21. The molecule has 6 nitrogen and oxygen atoms in total. The summed E-state index contributed by atoms with van der Waals surface area (Å²) >= 11 is 0.